The summed E-state index contributed by atoms with van der Waals surface area (Å²) in [6.07, 6.45) is 0. The van der Waals surface area contributed by atoms with Crippen LogP contribution in [0.15, 0.2) is 30.3 Å². The van der Waals surface area contributed by atoms with Crippen molar-refractivity contribution >= 4 is 28.0 Å². The van der Waals surface area contributed by atoms with Crippen molar-refractivity contribution in [3.63, 3.8) is 0 Å². The van der Waals surface area contributed by atoms with E-state index in [-0.39, 0.29) is 5.78 Å². The van der Waals surface area contributed by atoms with Crippen molar-refractivity contribution in [3.8, 4) is 23.0 Å². The van der Waals surface area contributed by atoms with Gasteiger partial charge < -0.3 is 18.9 Å². The quantitative estimate of drug-likeness (QED) is 0.806. The number of ether oxygens (including phenoxy) is 4. The Morgan fingerprint density at radius 1 is 0.720 bits per heavy atom. The molecule has 0 fully saturated rings. The molecule has 130 valence electrons. The van der Waals surface area contributed by atoms with E-state index in [0.29, 0.717) is 50.3 Å². The van der Waals surface area contributed by atoms with Crippen LogP contribution in [-0.2, 0) is 0 Å². The molecule has 0 spiro atoms. The van der Waals surface area contributed by atoms with Crippen LogP contribution in [0.3, 0.4) is 0 Å². The van der Waals surface area contributed by atoms with E-state index in [9.17, 15) is 4.79 Å². The van der Waals surface area contributed by atoms with Crippen LogP contribution >= 0.6 is 11.6 Å². The second-order valence-corrected chi connectivity index (χ2v) is 5.72. The number of fused-ring (bicyclic) bond motifs is 1. The molecule has 0 radical (unpaired) electrons. The Bertz CT molecular complexity index is 886. The number of hydrogen-bond acceptors (Lipinski definition) is 5. The minimum absolute atomic E-state index is 0.173. The number of rotatable bonds is 5. The van der Waals surface area contributed by atoms with Gasteiger partial charge in [-0.15, -0.1) is 0 Å². The first-order valence-corrected chi connectivity index (χ1v) is 7.86. The molecule has 0 amide bonds. The zero-order chi connectivity index (χ0) is 18.1. The summed E-state index contributed by atoms with van der Waals surface area (Å²) in [6, 6.07) is 8.60. The zero-order valence-corrected chi connectivity index (χ0v) is 15.1. The highest BCUT2D eigenvalue weighted by atomic mass is 35.5. The molecular weight excluding hydrogens is 344 g/mol. The minimum atomic E-state index is -0.173. The van der Waals surface area contributed by atoms with Gasteiger partial charge >= 0.3 is 0 Å². The molecule has 2 aromatic rings. The van der Waals surface area contributed by atoms with E-state index in [4.69, 9.17) is 30.5 Å². The average molecular weight is 361 g/mol. The molecule has 0 atom stereocenters. The molecule has 0 aliphatic heterocycles. The van der Waals surface area contributed by atoms with Gasteiger partial charge in [-0.25, -0.2) is 0 Å². The van der Waals surface area contributed by atoms with Gasteiger partial charge in [-0.1, -0.05) is 17.7 Å². The van der Waals surface area contributed by atoms with Crippen molar-refractivity contribution in [3.05, 3.63) is 47.0 Å². The molecule has 3 rings (SSSR count). The molecule has 25 heavy (non-hydrogen) atoms. The van der Waals surface area contributed by atoms with Crippen LogP contribution < -0.4 is 18.9 Å². The van der Waals surface area contributed by atoms with Crippen molar-refractivity contribution in [1.29, 1.82) is 0 Å². The fourth-order valence-electron chi connectivity index (χ4n) is 2.87. The summed E-state index contributed by atoms with van der Waals surface area (Å²) in [5, 5.41) is 0.369. The molecule has 6 heteroatoms. The third-order valence-electron chi connectivity index (χ3n) is 4.12. The normalized spacial score (nSPS) is 12.9. The van der Waals surface area contributed by atoms with Crippen molar-refractivity contribution in [2.24, 2.45) is 0 Å². The van der Waals surface area contributed by atoms with Crippen LogP contribution in [-0.4, -0.2) is 34.2 Å². The van der Waals surface area contributed by atoms with Crippen LogP contribution in [0.25, 0.3) is 10.6 Å². The van der Waals surface area contributed by atoms with Crippen LogP contribution in [0.2, 0.25) is 0 Å². The smallest absolute Gasteiger partial charge is 0.195 e. The number of carbonyl (C=O) groups excluding carboxylic acids is 1. The Morgan fingerprint density at radius 2 is 1.24 bits per heavy atom. The molecule has 1 aliphatic carbocycles. The van der Waals surface area contributed by atoms with Gasteiger partial charge in [0, 0.05) is 16.7 Å². The average Bonchev–Trinajstić information content (AvgIpc) is 2.89. The SMILES string of the molecule is COc1ccc(C2=C(Cl)c3cc(OC)c(OC)cc3C2=O)cc1OC. The minimum Gasteiger partial charge on any atom is -0.493 e. The lowest BCUT2D eigenvalue weighted by molar-refractivity contribution is 0.105. The highest BCUT2D eigenvalue weighted by Crippen LogP contribution is 2.46. The van der Waals surface area contributed by atoms with Gasteiger partial charge in [0.25, 0.3) is 0 Å². The highest BCUT2D eigenvalue weighted by Gasteiger charge is 2.32. The van der Waals surface area contributed by atoms with E-state index in [0.717, 1.165) is 0 Å². The summed E-state index contributed by atoms with van der Waals surface area (Å²) in [4.78, 5) is 12.9. The van der Waals surface area contributed by atoms with Crippen LogP contribution in [0.4, 0.5) is 0 Å². The summed E-state index contributed by atoms with van der Waals surface area (Å²) in [7, 11) is 6.15. The molecule has 1 aliphatic rings. The third-order valence-corrected chi connectivity index (χ3v) is 4.52. The predicted molar refractivity (Wildman–Crippen MR) is 96.1 cm³/mol. The lowest BCUT2D eigenvalue weighted by Crippen LogP contribution is -2.01. The van der Waals surface area contributed by atoms with Crippen molar-refractivity contribution < 1.29 is 23.7 Å². The number of ketones is 1. The summed E-state index contributed by atoms with van der Waals surface area (Å²) in [5.41, 5.74) is 2.16. The number of carbonyl (C=O) groups is 1. The van der Waals surface area contributed by atoms with E-state index < -0.39 is 0 Å². The van der Waals surface area contributed by atoms with Gasteiger partial charge in [-0.2, -0.15) is 0 Å². The number of benzene rings is 2. The highest BCUT2D eigenvalue weighted by molar-refractivity contribution is 6.62. The molecule has 5 nitrogen and oxygen atoms in total. The van der Waals surface area contributed by atoms with E-state index in [2.05, 4.69) is 0 Å². The lowest BCUT2D eigenvalue weighted by atomic mass is 10.0. The van der Waals surface area contributed by atoms with Crippen LogP contribution in [0.1, 0.15) is 21.5 Å². The van der Waals surface area contributed by atoms with Gasteiger partial charge in [0.15, 0.2) is 28.8 Å². The van der Waals surface area contributed by atoms with Gasteiger partial charge in [0.05, 0.1) is 33.5 Å². The molecule has 0 bridgehead atoms. The maximum absolute atomic E-state index is 12.9. The fourth-order valence-corrected chi connectivity index (χ4v) is 3.22. The number of Topliss-reactive ketones (excluding diaryl/α,β-unsaturated/α-hetero) is 1. The van der Waals surface area contributed by atoms with E-state index >= 15 is 0 Å². The fraction of sp³-hybridized carbons (Fsp3) is 0.211. The Kier molecular flexibility index (Phi) is 4.59. The third kappa shape index (κ3) is 2.70. The molecular formula is C19H17ClO5. The Morgan fingerprint density at radius 3 is 1.80 bits per heavy atom. The molecule has 2 aromatic carbocycles. The van der Waals surface area contributed by atoms with Crippen LogP contribution in [0, 0.1) is 0 Å². The Balaban J connectivity index is 2.15. The molecule has 0 unspecified atom stereocenters. The molecule has 0 saturated heterocycles. The standard InChI is InChI=1S/C19H17ClO5/c1-22-13-6-5-10(7-14(13)23-2)17-18(20)11-8-15(24-3)16(25-4)9-12(11)19(17)21/h5-9H,1-4H3. The van der Waals surface area contributed by atoms with E-state index in [1.165, 1.54) is 14.2 Å². The number of hydrogen-bond donors (Lipinski definition) is 0. The first-order chi connectivity index (χ1) is 12.0. The van der Waals surface area contributed by atoms with Gasteiger partial charge in [0.2, 0.25) is 0 Å². The Labute approximate surface area is 150 Å². The molecule has 0 aromatic heterocycles. The molecule has 0 heterocycles. The zero-order valence-electron chi connectivity index (χ0n) is 14.3. The largest absolute Gasteiger partial charge is 0.493 e. The number of methoxy groups -OCH3 is 4. The summed E-state index contributed by atoms with van der Waals surface area (Å²) in [6.45, 7) is 0. The molecule has 0 saturated carbocycles. The Hall–Kier alpha value is -2.66. The number of allylic oxidation sites excluding steroid dienone is 1. The van der Waals surface area contributed by atoms with E-state index in [1.54, 1.807) is 44.6 Å². The lowest BCUT2D eigenvalue weighted by Gasteiger charge is -2.10. The maximum atomic E-state index is 12.9. The van der Waals surface area contributed by atoms with Gasteiger partial charge in [-0.3, -0.25) is 4.79 Å². The van der Waals surface area contributed by atoms with Crippen molar-refractivity contribution in [2.75, 3.05) is 28.4 Å². The van der Waals surface area contributed by atoms with Gasteiger partial charge in [-0.05, 0) is 29.8 Å². The molecule has 0 N–H and O–H groups in total. The van der Waals surface area contributed by atoms with Gasteiger partial charge in [0.1, 0.15) is 0 Å². The summed E-state index contributed by atoms with van der Waals surface area (Å²) in [5.74, 6) is 1.92. The van der Waals surface area contributed by atoms with E-state index in [1.807, 2.05) is 0 Å². The first-order valence-electron chi connectivity index (χ1n) is 7.49. The maximum Gasteiger partial charge on any atom is 0.195 e. The van der Waals surface area contributed by atoms with Crippen molar-refractivity contribution in [2.45, 2.75) is 0 Å². The first kappa shape index (κ1) is 17.2. The van der Waals surface area contributed by atoms with Crippen LogP contribution in [0.5, 0.6) is 23.0 Å². The summed E-state index contributed by atoms with van der Waals surface area (Å²) >= 11 is 6.52. The second-order valence-electron chi connectivity index (χ2n) is 5.34. The van der Waals surface area contributed by atoms with Crippen molar-refractivity contribution in [1.82, 2.24) is 0 Å². The monoisotopic (exact) mass is 360 g/mol. The topological polar surface area (TPSA) is 54.0 Å². The summed E-state index contributed by atoms with van der Waals surface area (Å²) < 4.78 is 21.1. The number of halogens is 1. The predicted octanol–water partition coefficient (Wildman–Crippen LogP) is 4.02. The second kappa shape index (κ2) is 6.69.